The fourth-order valence-electron chi connectivity index (χ4n) is 2.26. The predicted octanol–water partition coefficient (Wildman–Crippen LogP) is 3.57. The summed E-state index contributed by atoms with van der Waals surface area (Å²) in [6, 6.07) is 8.09. The van der Waals surface area contributed by atoms with Crippen LogP contribution in [0.5, 0.6) is 0 Å². The van der Waals surface area contributed by atoms with E-state index in [0.29, 0.717) is 6.42 Å². The van der Waals surface area contributed by atoms with Crippen LogP contribution in [-0.4, -0.2) is 9.38 Å². The number of halogens is 1. The highest BCUT2D eigenvalue weighted by Crippen LogP contribution is 2.29. The highest BCUT2D eigenvalue weighted by Gasteiger charge is 2.25. The maximum Gasteiger partial charge on any atom is 0.193 e. The van der Waals surface area contributed by atoms with Crippen molar-refractivity contribution in [3.8, 4) is 0 Å². The summed E-state index contributed by atoms with van der Waals surface area (Å²) in [5.74, 6) is 0. The van der Waals surface area contributed by atoms with E-state index in [4.69, 9.17) is 5.73 Å². The van der Waals surface area contributed by atoms with Crippen molar-refractivity contribution in [2.75, 3.05) is 0 Å². The maximum absolute atomic E-state index is 6.49. The third-order valence-corrected chi connectivity index (χ3v) is 4.64. The summed E-state index contributed by atoms with van der Waals surface area (Å²) in [5, 5.41) is 2.03. The Labute approximate surface area is 124 Å². The SMILES string of the molecule is CC(N)(Cc1cn2ccsc2n1)c1ccccc1Br. The largest absolute Gasteiger partial charge is 0.321 e. The molecule has 1 unspecified atom stereocenters. The molecule has 98 valence electrons. The van der Waals surface area contributed by atoms with Gasteiger partial charge in [-0.25, -0.2) is 4.98 Å². The van der Waals surface area contributed by atoms with E-state index in [2.05, 4.69) is 27.0 Å². The Morgan fingerprint density at radius 1 is 1.42 bits per heavy atom. The summed E-state index contributed by atoms with van der Waals surface area (Å²) in [6.45, 7) is 2.04. The number of hydrogen-bond acceptors (Lipinski definition) is 3. The molecule has 2 N–H and O–H groups in total. The third kappa shape index (κ3) is 2.45. The number of fused-ring (bicyclic) bond motifs is 1. The normalized spacial score (nSPS) is 14.7. The fraction of sp³-hybridized carbons (Fsp3) is 0.214. The van der Waals surface area contributed by atoms with Gasteiger partial charge >= 0.3 is 0 Å². The van der Waals surface area contributed by atoms with Crippen molar-refractivity contribution in [1.29, 1.82) is 0 Å². The van der Waals surface area contributed by atoms with Crippen LogP contribution in [0, 0.1) is 0 Å². The molecule has 2 heterocycles. The third-order valence-electron chi connectivity index (χ3n) is 3.18. The molecule has 0 fully saturated rings. The summed E-state index contributed by atoms with van der Waals surface area (Å²) in [6.07, 6.45) is 4.78. The van der Waals surface area contributed by atoms with Crippen LogP contribution >= 0.6 is 27.3 Å². The van der Waals surface area contributed by atoms with Crippen molar-refractivity contribution < 1.29 is 0 Å². The van der Waals surface area contributed by atoms with E-state index < -0.39 is 5.54 Å². The second kappa shape index (κ2) is 4.74. The standard InChI is InChI=1S/C14H14BrN3S/c1-14(16,11-4-2-3-5-12(11)15)8-10-9-18-6-7-19-13(18)17-10/h2-7,9H,8,16H2,1H3. The van der Waals surface area contributed by atoms with Gasteiger partial charge in [0.25, 0.3) is 0 Å². The molecule has 0 aliphatic rings. The van der Waals surface area contributed by atoms with E-state index in [1.165, 1.54) is 0 Å². The number of benzene rings is 1. The van der Waals surface area contributed by atoms with E-state index >= 15 is 0 Å². The average Bonchev–Trinajstić information content (AvgIpc) is 2.89. The van der Waals surface area contributed by atoms with Crippen LogP contribution in [0.2, 0.25) is 0 Å². The molecule has 3 aromatic rings. The van der Waals surface area contributed by atoms with Gasteiger partial charge in [0.1, 0.15) is 0 Å². The zero-order chi connectivity index (χ0) is 13.5. The van der Waals surface area contributed by atoms with Crippen LogP contribution < -0.4 is 5.73 Å². The molecular formula is C14H14BrN3S. The van der Waals surface area contributed by atoms with Gasteiger partial charge in [-0.05, 0) is 18.6 Å². The van der Waals surface area contributed by atoms with Crippen LogP contribution in [0.25, 0.3) is 4.96 Å². The van der Waals surface area contributed by atoms with E-state index in [-0.39, 0.29) is 0 Å². The number of hydrogen-bond donors (Lipinski definition) is 1. The monoisotopic (exact) mass is 335 g/mol. The van der Waals surface area contributed by atoms with Gasteiger partial charge in [-0.2, -0.15) is 0 Å². The lowest BCUT2D eigenvalue weighted by Gasteiger charge is -2.25. The second-order valence-corrected chi connectivity index (χ2v) is 6.63. The van der Waals surface area contributed by atoms with Crippen LogP contribution in [-0.2, 0) is 12.0 Å². The molecule has 0 spiro atoms. The first-order chi connectivity index (χ1) is 9.06. The number of imidazole rings is 1. The Balaban J connectivity index is 1.93. The van der Waals surface area contributed by atoms with Crippen molar-refractivity contribution in [2.45, 2.75) is 18.9 Å². The van der Waals surface area contributed by atoms with Crippen LogP contribution in [0.4, 0.5) is 0 Å². The van der Waals surface area contributed by atoms with E-state index in [1.807, 2.05) is 47.3 Å². The average molecular weight is 336 g/mol. The Morgan fingerprint density at radius 2 is 2.21 bits per heavy atom. The van der Waals surface area contributed by atoms with Crippen LogP contribution in [0.15, 0.2) is 46.5 Å². The first-order valence-electron chi connectivity index (χ1n) is 6.01. The molecule has 0 radical (unpaired) electrons. The second-order valence-electron chi connectivity index (χ2n) is 4.90. The molecule has 3 nitrogen and oxygen atoms in total. The van der Waals surface area contributed by atoms with E-state index in [9.17, 15) is 0 Å². The number of thiazole rings is 1. The molecule has 3 rings (SSSR count). The van der Waals surface area contributed by atoms with Gasteiger partial charge < -0.3 is 5.73 Å². The summed E-state index contributed by atoms with van der Waals surface area (Å²) in [4.78, 5) is 5.61. The quantitative estimate of drug-likeness (QED) is 0.795. The first kappa shape index (κ1) is 12.8. The minimum Gasteiger partial charge on any atom is -0.321 e. The molecule has 0 aliphatic heterocycles. The van der Waals surface area contributed by atoms with Crippen molar-refractivity contribution >= 4 is 32.2 Å². The Kier molecular flexibility index (Phi) is 3.20. The smallest absolute Gasteiger partial charge is 0.193 e. The van der Waals surface area contributed by atoms with Gasteiger partial charge in [0.15, 0.2) is 4.96 Å². The fourth-order valence-corrected chi connectivity index (χ4v) is 3.71. The van der Waals surface area contributed by atoms with E-state index in [1.54, 1.807) is 11.3 Å². The Hall–Kier alpha value is -1.17. The predicted molar refractivity (Wildman–Crippen MR) is 82.5 cm³/mol. The summed E-state index contributed by atoms with van der Waals surface area (Å²) < 4.78 is 3.08. The summed E-state index contributed by atoms with van der Waals surface area (Å²) in [7, 11) is 0. The van der Waals surface area contributed by atoms with Gasteiger partial charge in [0.2, 0.25) is 0 Å². The Bertz CT molecular complexity index is 686. The van der Waals surface area contributed by atoms with E-state index in [0.717, 1.165) is 20.7 Å². The van der Waals surface area contributed by atoms with Crippen molar-refractivity contribution in [2.24, 2.45) is 5.73 Å². The number of nitrogens with zero attached hydrogens (tertiary/aromatic N) is 2. The van der Waals surface area contributed by atoms with Gasteiger partial charge in [-0.1, -0.05) is 34.1 Å². The summed E-state index contributed by atoms with van der Waals surface area (Å²) >= 11 is 5.20. The van der Waals surface area contributed by atoms with Gasteiger partial charge in [-0.3, -0.25) is 4.40 Å². The topological polar surface area (TPSA) is 43.3 Å². The molecular weight excluding hydrogens is 322 g/mol. The first-order valence-corrected chi connectivity index (χ1v) is 7.68. The molecule has 0 aliphatic carbocycles. The maximum atomic E-state index is 6.49. The summed E-state index contributed by atoms with van der Waals surface area (Å²) in [5.41, 5.74) is 8.17. The molecule has 0 saturated carbocycles. The van der Waals surface area contributed by atoms with Crippen molar-refractivity contribution in [1.82, 2.24) is 9.38 Å². The zero-order valence-corrected chi connectivity index (χ0v) is 12.9. The highest BCUT2D eigenvalue weighted by molar-refractivity contribution is 9.10. The number of aromatic nitrogens is 2. The van der Waals surface area contributed by atoms with Crippen molar-refractivity contribution in [3.05, 3.63) is 57.8 Å². The molecule has 5 heteroatoms. The minimum atomic E-state index is -0.440. The van der Waals surface area contributed by atoms with Crippen LogP contribution in [0.3, 0.4) is 0 Å². The molecule has 1 atom stereocenters. The highest BCUT2D eigenvalue weighted by atomic mass is 79.9. The lowest BCUT2D eigenvalue weighted by atomic mass is 9.89. The number of rotatable bonds is 3. The molecule has 0 saturated heterocycles. The van der Waals surface area contributed by atoms with Gasteiger partial charge in [-0.15, -0.1) is 11.3 Å². The van der Waals surface area contributed by atoms with Crippen molar-refractivity contribution in [3.63, 3.8) is 0 Å². The molecule has 0 bridgehead atoms. The lowest BCUT2D eigenvalue weighted by molar-refractivity contribution is 0.484. The molecule has 19 heavy (non-hydrogen) atoms. The molecule has 2 aromatic heterocycles. The minimum absolute atomic E-state index is 0.440. The molecule has 1 aromatic carbocycles. The zero-order valence-electron chi connectivity index (χ0n) is 10.5. The van der Waals surface area contributed by atoms with Gasteiger partial charge in [0, 0.05) is 34.2 Å². The Morgan fingerprint density at radius 3 is 2.95 bits per heavy atom. The van der Waals surface area contributed by atoms with Gasteiger partial charge in [0.05, 0.1) is 5.69 Å². The number of nitrogens with two attached hydrogens (primary N) is 1. The molecule has 0 amide bonds. The lowest BCUT2D eigenvalue weighted by Crippen LogP contribution is -2.36. The van der Waals surface area contributed by atoms with Crippen LogP contribution in [0.1, 0.15) is 18.2 Å².